The summed E-state index contributed by atoms with van der Waals surface area (Å²) in [7, 11) is 0. The largest absolute Gasteiger partial charge is 0.461 e. The van der Waals surface area contributed by atoms with Crippen molar-refractivity contribution in [2.45, 2.75) is 25.9 Å². The van der Waals surface area contributed by atoms with Crippen molar-refractivity contribution < 1.29 is 14.3 Å². The van der Waals surface area contributed by atoms with Crippen LogP contribution in [0.2, 0.25) is 0 Å². The number of nitrogens with zero attached hydrogens (tertiary/aromatic N) is 5. The van der Waals surface area contributed by atoms with Crippen LogP contribution in [-0.4, -0.2) is 54.7 Å². The van der Waals surface area contributed by atoms with Crippen LogP contribution in [0, 0.1) is 6.92 Å². The van der Waals surface area contributed by atoms with E-state index in [1.165, 1.54) is 0 Å². The average Bonchev–Trinajstić information content (AvgIpc) is 3.25. The van der Waals surface area contributed by atoms with Crippen LogP contribution < -0.4 is 0 Å². The van der Waals surface area contributed by atoms with Crippen LogP contribution in [0.1, 0.15) is 17.9 Å². The quantitative estimate of drug-likeness (QED) is 0.765. The highest BCUT2D eigenvalue weighted by Gasteiger charge is 2.25. The summed E-state index contributed by atoms with van der Waals surface area (Å²) in [6.07, 6.45) is 1.92. The zero-order valence-electron chi connectivity index (χ0n) is 13.2. The maximum Gasteiger partial charge on any atom is 0.228 e. The van der Waals surface area contributed by atoms with Gasteiger partial charge in [0, 0.05) is 19.2 Å². The van der Waals surface area contributed by atoms with Crippen molar-refractivity contribution in [3.8, 4) is 11.6 Å². The molecular weight excluding hydrogens is 310 g/mol. The first-order chi connectivity index (χ1) is 11.6. The van der Waals surface area contributed by atoms with Crippen molar-refractivity contribution in [2.24, 2.45) is 0 Å². The number of carbonyl (C=O) groups is 1. The lowest BCUT2D eigenvalue weighted by Gasteiger charge is -2.15. The predicted octanol–water partition coefficient (Wildman–Crippen LogP) is 0.828. The average molecular weight is 327 g/mol. The van der Waals surface area contributed by atoms with E-state index in [4.69, 9.17) is 4.42 Å². The van der Waals surface area contributed by atoms with Crippen molar-refractivity contribution in [1.82, 2.24) is 24.5 Å². The number of amides is 1. The normalized spacial score (nSPS) is 17.8. The van der Waals surface area contributed by atoms with E-state index < -0.39 is 6.10 Å². The fourth-order valence-corrected chi connectivity index (χ4v) is 2.94. The molecule has 0 aliphatic carbocycles. The summed E-state index contributed by atoms with van der Waals surface area (Å²) >= 11 is 0. The Morgan fingerprint density at radius 1 is 1.46 bits per heavy atom. The first-order valence-electron chi connectivity index (χ1n) is 7.83. The summed E-state index contributed by atoms with van der Waals surface area (Å²) in [6.45, 7) is 2.77. The van der Waals surface area contributed by atoms with E-state index in [9.17, 15) is 9.90 Å². The Hall–Kier alpha value is -2.74. The molecule has 1 atom stereocenters. The van der Waals surface area contributed by atoms with Gasteiger partial charge in [-0.15, -0.1) is 5.10 Å². The van der Waals surface area contributed by atoms with Gasteiger partial charge >= 0.3 is 0 Å². The van der Waals surface area contributed by atoms with Gasteiger partial charge in [0.05, 0.1) is 24.5 Å². The summed E-state index contributed by atoms with van der Waals surface area (Å²) in [6, 6.07) is 5.33. The second kappa shape index (κ2) is 5.72. The number of furan rings is 1. The molecule has 0 unspecified atom stereocenters. The minimum atomic E-state index is -0.429. The molecule has 8 nitrogen and oxygen atoms in total. The molecule has 0 saturated carbocycles. The van der Waals surface area contributed by atoms with Crippen molar-refractivity contribution in [2.75, 3.05) is 13.1 Å². The predicted molar refractivity (Wildman–Crippen MR) is 84.1 cm³/mol. The summed E-state index contributed by atoms with van der Waals surface area (Å²) in [5.74, 6) is 1.65. The Bertz CT molecular complexity index is 887. The van der Waals surface area contributed by atoms with Crippen LogP contribution in [0.3, 0.4) is 0 Å². The number of aromatic nitrogens is 4. The number of aliphatic hydroxyl groups excluding tert-OH is 1. The third-order valence-electron chi connectivity index (χ3n) is 4.07. The highest BCUT2D eigenvalue weighted by molar-refractivity contribution is 5.79. The SMILES string of the molecule is Cc1nc2cc(CC(=O)N3CC[C@H](O)C3)nc(-c3ccco3)n2n1. The van der Waals surface area contributed by atoms with E-state index in [0.29, 0.717) is 48.3 Å². The molecule has 3 aromatic rings. The van der Waals surface area contributed by atoms with E-state index in [-0.39, 0.29) is 12.3 Å². The van der Waals surface area contributed by atoms with Crippen LogP contribution in [0.5, 0.6) is 0 Å². The van der Waals surface area contributed by atoms with E-state index in [0.717, 1.165) is 0 Å². The molecule has 24 heavy (non-hydrogen) atoms. The first-order valence-corrected chi connectivity index (χ1v) is 7.83. The van der Waals surface area contributed by atoms with Gasteiger partial charge in [-0.1, -0.05) is 0 Å². The Morgan fingerprint density at radius 3 is 3.04 bits per heavy atom. The maximum atomic E-state index is 12.4. The van der Waals surface area contributed by atoms with Gasteiger partial charge in [-0.05, 0) is 25.5 Å². The van der Waals surface area contributed by atoms with Gasteiger partial charge < -0.3 is 14.4 Å². The van der Waals surface area contributed by atoms with Crippen molar-refractivity contribution in [3.05, 3.63) is 36.0 Å². The van der Waals surface area contributed by atoms with Gasteiger partial charge in [0.2, 0.25) is 5.91 Å². The van der Waals surface area contributed by atoms with E-state index >= 15 is 0 Å². The number of carbonyl (C=O) groups excluding carboxylic acids is 1. The molecule has 0 radical (unpaired) electrons. The van der Waals surface area contributed by atoms with Gasteiger partial charge in [-0.2, -0.15) is 4.52 Å². The summed E-state index contributed by atoms with van der Waals surface area (Å²) in [5, 5.41) is 13.9. The van der Waals surface area contributed by atoms with Gasteiger partial charge in [0.15, 0.2) is 17.2 Å². The minimum absolute atomic E-state index is 0.0509. The number of β-amino-alcohol motifs (C(OH)–C–C–N with tert-alkyl or cyclic N) is 1. The van der Waals surface area contributed by atoms with Crippen LogP contribution >= 0.6 is 0 Å². The number of rotatable bonds is 3. The Labute approximate surface area is 137 Å². The Kier molecular flexibility index (Phi) is 3.53. The number of aliphatic hydroxyl groups is 1. The number of fused-ring (bicyclic) bond motifs is 1. The fourth-order valence-electron chi connectivity index (χ4n) is 2.94. The van der Waals surface area contributed by atoms with Crippen LogP contribution in [0.25, 0.3) is 17.2 Å². The second-order valence-electron chi connectivity index (χ2n) is 5.94. The smallest absolute Gasteiger partial charge is 0.228 e. The maximum absolute atomic E-state index is 12.4. The summed E-state index contributed by atoms with van der Waals surface area (Å²) < 4.78 is 7.04. The highest BCUT2D eigenvalue weighted by atomic mass is 16.3. The molecular formula is C16H17N5O3. The molecule has 1 amide bonds. The molecule has 0 spiro atoms. The van der Waals surface area contributed by atoms with Crippen LogP contribution in [0.4, 0.5) is 0 Å². The molecule has 124 valence electrons. The van der Waals surface area contributed by atoms with E-state index in [2.05, 4.69) is 15.1 Å². The lowest BCUT2D eigenvalue weighted by Crippen LogP contribution is -2.31. The van der Waals surface area contributed by atoms with Crippen molar-refractivity contribution >= 4 is 11.6 Å². The second-order valence-corrected chi connectivity index (χ2v) is 5.94. The monoisotopic (exact) mass is 327 g/mol. The number of likely N-dealkylation sites (tertiary alicyclic amines) is 1. The Morgan fingerprint density at radius 2 is 2.33 bits per heavy atom. The van der Waals surface area contributed by atoms with Crippen LogP contribution in [0.15, 0.2) is 28.9 Å². The molecule has 0 aromatic carbocycles. The fraction of sp³-hybridized carbons (Fsp3) is 0.375. The highest BCUT2D eigenvalue weighted by Crippen LogP contribution is 2.20. The molecule has 3 aromatic heterocycles. The van der Waals surface area contributed by atoms with E-state index in [1.807, 2.05) is 0 Å². The molecule has 8 heteroatoms. The number of hydrogen-bond acceptors (Lipinski definition) is 6. The molecule has 1 saturated heterocycles. The molecule has 4 rings (SSSR count). The molecule has 1 aliphatic heterocycles. The Balaban J connectivity index is 1.70. The third kappa shape index (κ3) is 2.65. The number of hydrogen-bond donors (Lipinski definition) is 1. The van der Waals surface area contributed by atoms with Crippen LogP contribution in [-0.2, 0) is 11.2 Å². The van der Waals surface area contributed by atoms with E-state index in [1.54, 1.807) is 40.8 Å². The first kappa shape index (κ1) is 14.8. The molecule has 1 aliphatic rings. The summed E-state index contributed by atoms with van der Waals surface area (Å²) in [5.41, 5.74) is 1.23. The van der Waals surface area contributed by atoms with Gasteiger partial charge in [-0.3, -0.25) is 4.79 Å². The molecule has 4 heterocycles. The standard InChI is InChI=1S/C16H17N5O3/c1-10-17-14-7-11(8-15(23)20-5-4-12(22)9-20)18-16(21(14)19-10)13-3-2-6-24-13/h2-3,6-7,12,22H,4-5,8-9H2,1H3/t12-/m0/s1. The van der Waals surface area contributed by atoms with Gasteiger partial charge in [0.25, 0.3) is 0 Å². The lowest BCUT2D eigenvalue weighted by molar-refractivity contribution is -0.129. The molecule has 1 fully saturated rings. The zero-order chi connectivity index (χ0) is 16.7. The van der Waals surface area contributed by atoms with Gasteiger partial charge in [-0.25, -0.2) is 9.97 Å². The lowest BCUT2D eigenvalue weighted by atomic mass is 10.2. The van der Waals surface area contributed by atoms with Crippen molar-refractivity contribution in [3.63, 3.8) is 0 Å². The minimum Gasteiger partial charge on any atom is -0.461 e. The zero-order valence-corrected chi connectivity index (χ0v) is 13.2. The topological polar surface area (TPSA) is 96.8 Å². The van der Waals surface area contributed by atoms with Gasteiger partial charge in [0.1, 0.15) is 5.82 Å². The summed E-state index contributed by atoms with van der Waals surface area (Å²) in [4.78, 5) is 23.0. The molecule has 0 bridgehead atoms. The third-order valence-corrected chi connectivity index (χ3v) is 4.07. The van der Waals surface area contributed by atoms with Crippen molar-refractivity contribution in [1.29, 1.82) is 0 Å². The number of aryl methyl sites for hydroxylation is 1. The molecule has 1 N–H and O–H groups in total.